The first-order valence-corrected chi connectivity index (χ1v) is 12.7. The van der Waals surface area contributed by atoms with Crippen LogP contribution in [0.1, 0.15) is 62.2 Å². The van der Waals surface area contributed by atoms with Crippen LogP contribution in [0.25, 0.3) is 0 Å². The van der Waals surface area contributed by atoms with Crippen LogP contribution < -0.4 is 15.8 Å². The quantitative estimate of drug-likeness (QED) is 0.607. The van der Waals surface area contributed by atoms with Crippen molar-refractivity contribution in [3.63, 3.8) is 0 Å². The predicted molar refractivity (Wildman–Crippen MR) is 119 cm³/mol. The number of ether oxygens (including phenoxy) is 1. The number of hydrogen-bond donors (Lipinski definition) is 2. The second-order valence-electron chi connectivity index (χ2n) is 8.50. The van der Waals surface area contributed by atoms with E-state index in [-0.39, 0.29) is 33.6 Å². The molecule has 2 aliphatic rings. The number of carbonyl (C=O) groups is 1. The van der Waals surface area contributed by atoms with Gasteiger partial charge in [0.25, 0.3) is 5.91 Å². The van der Waals surface area contributed by atoms with Crippen LogP contribution in [0.4, 0.5) is 5.69 Å². The van der Waals surface area contributed by atoms with Crippen molar-refractivity contribution >= 4 is 21.4 Å². The summed E-state index contributed by atoms with van der Waals surface area (Å²) in [5.41, 5.74) is 6.21. The normalized spacial score (nSPS) is 20.9. The van der Waals surface area contributed by atoms with Crippen molar-refractivity contribution in [3.05, 3.63) is 17.7 Å². The summed E-state index contributed by atoms with van der Waals surface area (Å²) in [5, 5.41) is 3.00. The average molecular weight is 438 g/mol. The lowest BCUT2D eigenvalue weighted by Gasteiger charge is -2.31. The molecule has 0 bridgehead atoms. The van der Waals surface area contributed by atoms with E-state index in [0.29, 0.717) is 12.6 Å². The highest BCUT2D eigenvalue weighted by atomic mass is 32.2. The van der Waals surface area contributed by atoms with Crippen LogP contribution in [-0.2, 0) is 9.84 Å². The third kappa shape index (κ3) is 5.27. The number of anilines is 1. The van der Waals surface area contributed by atoms with Gasteiger partial charge < -0.3 is 15.8 Å². The molecule has 3 rings (SSSR count). The number of nitrogens with one attached hydrogen (secondary N) is 1. The molecule has 0 aromatic heterocycles. The molecule has 1 saturated heterocycles. The number of hydrogen-bond acceptors (Lipinski definition) is 6. The Bertz CT molecular complexity index is 850. The number of benzene rings is 1. The molecule has 1 saturated carbocycles. The molecule has 1 unspecified atom stereocenters. The van der Waals surface area contributed by atoms with Crippen molar-refractivity contribution in [2.24, 2.45) is 5.92 Å². The first-order chi connectivity index (χ1) is 14.4. The number of sulfone groups is 1. The van der Waals surface area contributed by atoms with Crippen molar-refractivity contribution in [2.75, 3.05) is 38.2 Å². The molecule has 1 aliphatic carbocycles. The molecule has 8 heteroatoms. The maximum absolute atomic E-state index is 12.9. The zero-order valence-corrected chi connectivity index (χ0v) is 19.0. The van der Waals surface area contributed by atoms with Crippen LogP contribution in [0, 0.1) is 5.92 Å². The standard InChI is InChI=1S/C22H35N3O4S/c1-3-30(27,28)21-12-18(20(29-2)13-19(21)23)22(26)24-14-17-10-7-11-25(17)15-16-8-5-4-6-9-16/h12-13,16-17H,3-11,14-15,23H2,1-2H3,(H,24,26). The van der Waals surface area contributed by atoms with E-state index in [9.17, 15) is 13.2 Å². The summed E-state index contributed by atoms with van der Waals surface area (Å²) in [6, 6.07) is 3.09. The van der Waals surface area contributed by atoms with Crippen LogP contribution in [0.15, 0.2) is 17.0 Å². The fraction of sp³-hybridized carbons (Fsp3) is 0.682. The van der Waals surface area contributed by atoms with Gasteiger partial charge in [0.15, 0.2) is 9.84 Å². The van der Waals surface area contributed by atoms with Crippen LogP contribution >= 0.6 is 0 Å². The predicted octanol–water partition coefficient (Wildman–Crippen LogP) is 2.85. The molecule has 2 fully saturated rings. The van der Waals surface area contributed by atoms with Gasteiger partial charge in [-0.2, -0.15) is 0 Å². The van der Waals surface area contributed by atoms with Gasteiger partial charge in [0, 0.05) is 25.2 Å². The van der Waals surface area contributed by atoms with E-state index in [0.717, 1.165) is 31.8 Å². The molecule has 168 valence electrons. The van der Waals surface area contributed by atoms with E-state index >= 15 is 0 Å². The van der Waals surface area contributed by atoms with E-state index in [1.54, 1.807) is 6.92 Å². The third-order valence-electron chi connectivity index (χ3n) is 6.51. The number of rotatable bonds is 8. The van der Waals surface area contributed by atoms with Crippen molar-refractivity contribution in [1.29, 1.82) is 0 Å². The van der Waals surface area contributed by atoms with Crippen molar-refractivity contribution in [1.82, 2.24) is 10.2 Å². The van der Waals surface area contributed by atoms with E-state index in [4.69, 9.17) is 10.5 Å². The molecular weight excluding hydrogens is 402 g/mol. The maximum Gasteiger partial charge on any atom is 0.255 e. The molecular formula is C22H35N3O4S. The summed E-state index contributed by atoms with van der Waals surface area (Å²) in [7, 11) is -2.09. The van der Waals surface area contributed by atoms with Crippen LogP contribution in [-0.4, -0.2) is 57.8 Å². The fourth-order valence-corrected chi connectivity index (χ4v) is 5.75. The van der Waals surface area contributed by atoms with Gasteiger partial charge in [-0.25, -0.2) is 8.42 Å². The molecule has 1 aliphatic heterocycles. The summed E-state index contributed by atoms with van der Waals surface area (Å²) >= 11 is 0. The van der Waals surface area contributed by atoms with Crippen molar-refractivity contribution in [2.45, 2.75) is 62.8 Å². The summed E-state index contributed by atoms with van der Waals surface area (Å²) in [6.07, 6.45) is 8.87. The van der Waals surface area contributed by atoms with E-state index in [2.05, 4.69) is 10.2 Å². The SMILES string of the molecule is CCS(=O)(=O)c1cc(C(=O)NCC2CCCN2CC2CCCCC2)c(OC)cc1N. The Balaban J connectivity index is 1.68. The lowest BCUT2D eigenvalue weighted by molar-refractivity contribution is 0.0933. The number of nitrogens with two attached hydrogens (primary N) is 1. The summed E-state index contributed by atoms with van der Waals surface area (Å²) in [4.78, 5) is 15.4. The smallest absolute Gasteiger partial charge is 0.255 e. The highest BCUT2D eigenvalue weighted by molar-refractivity contribution is 7.91. The second-order valence-corrected chi connectivity index (χ2v) is 10.7. The number of methoxy groups -OCH3 is 1. The van der Waals surface area contributed by atoms with Gasteiger partial charge in [-0.15, -0.1) is 0 Å². The minimum absolute atomic E-state index is 0.0178. The fourth-order valence-electron chi connectivity index (χ4n) is 4.72. The number of nitrogens with zero attached hydrogens (tertiary/aromatic N) is 1. The Hall–Kier alpha value is -1.80. The van der Waals surface area contributed by atoms with Crippen molar-refractivity contribution < 1.29 is 17.9 Å². The van der Waals surface area contributed by atoms with Gasteiger partial charge in [-0.3, -0.25) is 9.69 Å². The molecule has 1 atom stereocenters. The van der Waals surface area contributed by atoms with Gasteiger partial charge >= 0.3 is 0 Å². The average Bonchev–Trinajstić information content (AvgIpc) is 3.19. The second kappa shape index (κ2) is 10.0. The minimum Gasteiger partial charge on any atom is -0.496 e. The van der Waals surface area contributed by atoms with Gasteiger partial charge in [-0.1, -0.05) is 26.2 Å². The molecule has 30 heavy (non-hydrogen) atoms. The molecule has 1 heterocycles. The number of amides is 1. The topological polar surface area (TPSA) is 102 Å². The molecule has 1 aromatic carbocycles. The van der Waals surface area contributed by atoms with Gasteiger partial charge in [-0.05, 0) is 44.2 Å². The molecule has 1 amide bonds. The largest absolute Gasteiger partial charge is 0.496 e. The van der Waals surface area contributed by atoms with Gasteiger partial charge in [0.1, 0.15) is 5.75 Å². The number of likely N-dealkylation sites (tertiary alicyclic amines) is 1. The number of carbonyl (C=O) groups excluding carboxylic acids is 1. The highest BCUT2D eigenvalue weighted by Crippen LogP contribution is 2.30. The van der Waals surface area contributed by atoms with Gasteiger partial charge in [0.2, 0.25) is 0 Å². The Kier molecular flexibility index (Phi) is 7.63. The highest BCUT2D eigenvalue weighted by Gasteiger charge is 2.28. The zero-order chi connectivity index (χ0) is 21.7. The Labute approximate surface area is 180 Å². The van der Waals surface area contributed by atoms with Crippen LogP contribution in [0.2, 0.25) is 0 Å². The lowest BCUT2D eigenvalue weighted by Crippen LogP contribution is -2.42. The molecule has 0 radical (unpaired) electrons. The molecule has 3 N–H and O–H groups in total. The summed E-state index contributed by atoms with van der Waals surface area (Å²) < 4.78 is 30.0. The van der Waals surface area contributed by atoms with E-state index < -0.39 is 9.84 Å². The minimum atomic E-state index is -3.53. The van der Waals surface area contributed by atoms with Crippen LogP contribution in [0.3, 0.4) is 0 Å². The summed E-state index contributed by atoms with van der Waals surface area (Å²) in [5.74, 6) is 0.645. The zero-order valence-electron chi connectivity index (χ0n) is 18.2. The third-order valence-corrected chi connectivity index (χ3v) is 8.29. The Morgan fingerprint density at radius 1 is 1.20 bits per heavy atom. The van der Waals surface area contributed by atoms with Crippen LogP contribution in [0.5, 0.6) is 5.75 Å². The first-order valence-electron chi connectivity index (χ1n) is 11.1. The molecule has 7 nitrogen and oxygen atoms in total. The molecule has 0 spiro atoms. The Morgan fingerprint density at radius 3 is 2.60 bits per heavy atom. The maximum atomic E-state index is 12.9. The lowest BCUT2D eigenvalue weighted by atomic mass is 9.89. The van der Waals surface area contributed by atoms with E-state index in [1.807, 2.05) is 0 Å². The summed E-state index contributed by atoms with van der Waals surface area (Å²) in [6.45, 7) is 4.31. The van der Waals surface area contributed by atoms with Gasteiger partial charge in [0.05, 0.1) is 29.0 Å². The monoisotopic (exact) mass is 437 g/mol. The molecule has 1 aromatic rings. The van der Waals surface area contributed by atoms with E-state index in [1.165, 1.54) is 51.3 Å². The first kappa shape index (κ1) is 22.9. The number of nitrogen functional groups attached to an aromatic ring is 1. The Morgan fingerprint density at radius 2 is 1.93 bits per heavy atom. The van der Waals surface area contributed by atoms with Crippen molar-refractivity contribution in [3.8, 4) is 5.75 Å².